The van der Waals surface area contributed by atoms with Crippen LogP contribution >= 0.6 is 0 Å². The maximum absolute atomic E-state index is 12.3. The number of phenolic OH excluding ortho intramolecular Hbond substituents is 1. The van der Waals surface area contributed by atoms with Crippen LogP contribution in [0.4, 0.5) is 0 Å². The molecule has 1 aromatic rings. The van der Waals surface area contributed by atoms with E-state index in [1.807, 2.05) is 0 Å². The molecular weight excluding hydrogens is 250 g/mol. The number of aliphatic hydroxyl groups is 1. The predicted molar refractivity (Wildman–Crippen MR) is 65.6 cm³/mol. The highest BCUT2D eigenvalue weighted by molar-refractivity contribution is 5.97. The number of benzene rings is 1. The van der Waals surface area contributed by atoms with Crippen LogP contribution in [0, 0.1) is 0 Å². The molecule has 2 unspecified atom stereocenters. The molecule has 2 rings (SSSR count). The second kappa shape index (κ2) is 5.27. The normalized spacial score (nSPS) is 22.3. The summed E-state index contributed by atoms with van der Waals surface area (Å²) in [6.07, 6.45) is -0.581. The van der Waals surface area contributed by atoms with E-state index in [9.17, 15) is 19.8 Å². The van der Waals surface area contributed by atoms with Gasteiger partial charge in [-0.3, -0.25) is 4.79 Å². The van der Waals surface area contributed by atoms with E-state index in [-0.39, 0.29) is 24.3 Å². The molecule has 102 valence electrons. The number of aliphatic hydroxyl groups excluding tert-OH is 1. The number of likely N-dealkylation sites (tertiary alicyclic amines) is 1. The Morgan fingerprint density at radius 2 is 2.16 bits per heavy atom. The fourth-order valence-corrected chi connectivity index (χ4v) is 2.20. The van der Waals surface area contributed by atoms with Gasteiger partial charge in [0.25, 0.3) is 5.91 Å². The quantitative estimate of drug-likeness (QED) is 0.743. The van der Waals surface area contributed by atoms with Crippen molar-refractivity contribution < 1.29 is 24.5 Å². The van der Waals surface area contributed by atoms with Gasteiger partial charge >= 0.3 is 5.97 Å². The molecule has 0 aliphatic carbocycles. The third-order valence-electron chi connectivity index (χ3n) is 3.11. The highest BCUT2D eigenvalue weighted by atomic mass is 16.5. The van der Waals surface area contributed by atoms with E-state index in [2.05, 4.69) is 4.74 Å². The van der Waals surface area contributed by atoms with Gasteiger partial charge in [-0.1, -0.05) is 6.07 Å². The monoisotopic (exact) mass is 265 g/mol. The van der Waals surface area contributed by atoms with Crippen molar-refractivity contribution in [2.75, 3.05) is 13.7 Å². The Morgan fingerprint density at radius 1 is 1.42 bits per heavy atom. The molecule has 1 aliphatic rings. The number of β-amino-alcohol motifs (C(OH)–C–C–N with tert-alkyl or cyclic N) is 1. The molecule has 1 heterocycles. The van der Waals surface area contributed by atoms with Crippen LogP contribution in [-0.2, 0) is 9.53 Å². The third-order valence-corrected chi connectivity index (χ3v) is 3.11. The lowest BCUT2D eigenvalue weighted by atomic mass is 10.1. The van der Waals surface area contributed by atoms with Crippen molar-refractivity contribution in [3.8, 4) is 5.75 Å². The molecule has 2 N–H and O–H groups in total. The highest BCUT2D eigenvalue weighted by Gasteiger charge is 2.39. The zero-order valence-corrected chi connectivity index (χ0v) is 10.4. The zero-order chi connectivity index (χ0) is 14.0. The van der Waals surface area contributed by atoms with Crippen LogP contribution in [0.3, 0.4) is 0 Å². The topological polar surface area (TPSA) is 87.1 Å². The van der Waals surface area contributed by atoms with E-state index in [1.165, 1.54) is 24.1 Å². The standard InChI is InChI=1S/C13H15NO5/c1-19-13(18)11-6-10(16)7-14(11)12(17)8-3-2-4-9(15)5-8/h2-5,10-11,15-16H,6-7H2,1H3. The molecule has 0 saturated carbocycles. The highest BCUT2D eigenvalue weighted by Crippen LogP contribution is 2.22. The smallest absolute Gasteiger partial charge is 0.328 e. The lowest BCUT2D eigenvalue weighted by Crippen LogP contribution is -2.41. The Balaban J connectivity index is 2.24. The lowest BCUT2D eigenvalue weighted by Gasteiger charge is -2.22. The number of carbonyl (C=O) groups is 2. The maximum atomic E-state index is 12.3. The Labute approximate surface area is 110 Å². The molecule has 1 saturated heterocycles. The van der Waals surface area contributed by atoms with Gasteiger partial charge in [0.2, 0.25) is 0 Å². The minimum atomic E-state index is -0.783. The number of aromatic hydroxyl groups is 1. The molecule has 2 atom stereocenters. The summed E-state index contributed by atoms with van der Waals surface area (Å²) < 4.78 is 4.63. The first kappa shape index (κ1) is 13.4. The summed E-state index contributed by atoms with van der Waals surface area (Å²) in [7, 11) is 1.24. The SMILES string of the molecule is COC(=O)C1CC(O)CN1C(=O)c1cccc(O)c1. The molecule has 1 aliphatic heterocycles. The van der Waals surface area contributed by atoms with Gasteiger partial charge in [-0.15, -0.1) is 0 Å². The third kappa shape index (κ3) is 2.68. The molecule has 6 heteroatoms. The average molecular weight is 265 g/mol. The van der Waals surface area contributed by atoms with Crippen LogP contribution in [0.25, 0.3) is 0 Å². The molecule has 1 aromatic carbocycles. The van der Waals surface area contributed by atoms with E-state index in [1.54, 1.807) is 12.1 Å². The molecule has 0 spiro atoms. The van der Waals surface area contributed by atoms with Gasteiger partial charge in [-0.2, -0.15) is 0 Å². The van der Waals surface area contributed by atoms with Crippen molar-refractivity contribution in [1.29, 1.82) is 0 Å². The Bertz CT molecular complexity index is 502. The Hall–Kier alpha value is -2.08. The van der Waals surface area contributed by atoms with Gasteiger partial charge < -0.3 is 19.8 Å². The average Bonchev–Trinajstić information content (AvgIpc) is 2.79. The maximum Gasteiger partial charge on any atom is 0.328 e. The molecule has 0 radical (unpaired) electrons. The second-order valence-corrected chi connectivity index (χ2v) is 4.44. The molecular formula is C13H15NO5. The van der Waals surface area contributed by atoms with E-state index >= 15 is 0 Å². The first-order valence-corrected chi connectivity index (χ1v) is 5.89. The zero-order valence-electron chi connectivity index (χ0n) is 10.4. The Morgan fingerprint density at radius 3 is 2.79 bits per heavy atom. The summed E-state index contributed by atoms with van der Waals surface area (Å²) in [6, 6.07) is 5.08. The van der Waals surface area contributed by atoms with Gasteiger partial charge in [0, 0.05) is 18.5 Å². The van der Waals surface area contributed by atoms with Crippen LogP contribution in [0.2, 0.25) is 0 Å². The number of hydrogen-bond donors (Lipinski definition) is 2. The molecule has 1 amide bonds. The van der Waals surface area contributed by atoms with Crippen LogP contribution in [0.5, 0.6) is 5.75 Å². The van der Waals surface area contributed by atoms with Crippen molar-refractivity contribution >= 4 is 11.9 Å². The molecule has 19 heavy (non-hydrogen) atoms. The van der Waals surface area contributed by atoms with Crippen molar-refractivity contribution in [2.24, 2.45) is 0 Å². The summed E-state index contributed by atoms with van der Waals surface area (Å²) in [5, 5.41) is 19.0. The van der Waals surface area contributed by atoms with Crippen molar-refractivity contribution in [3.63, 3.8) is 0 Å². The molecule has 1 fully saturated rings. The van der Waals surface area contributed by atoms with Crippen LogP contribution in [0.15, 0.2) is 24.3 Å². The fourth-order valence-electron chi connectivity index (χ4n) is 2.20. The summed E-state index contributed by atoms with van der Waals surface area (Å²) in [5.41, 5.74) is 0.267. The largest absolute Gasteiger partial charge is 0.508 e. The number of esters is 1. The van der Waals surface area contributed by atoms with Gasteiger partial charge in [0.15, 0.2) is 0 Å². The number of amides is 1. The second-order valence-electron chi connectivity index (χ2n) is 4.44. The van der Waals surface area contributed by atoms with Crippen LogP contribution in [-0.4, -0.2) is 52.8 Å². The van der Waals surface area contributed by atoms with Gasteiger partial charge in [-0.05, 0) is 18.2 Å². The van der Waals surface area contributed by atoms with E-state index in [0.29, 0.717) is 0 Å². The van der Waals surface area contributed by atoms with Crippen LogP contribution in [0.1, 0.15) is 16.8 Å². The molecule has 0 bridgehead atoms. The summed E-state index contributed by atoms with van der Waals surface area (Å²) in [6.45, 7) is 0.0776. The number of phenols is 1. The summed E-state index contributed by atoms with van der Waals surface area (Å²) >= 11 is 0. The minimum absolute atomic E-state index is 0.0276. The number of carbonyl (C=O) groups excluding carboxylic acids is 2. The number of nitrogens with zero attached hydrogens (tertiary/aromatic N) is 1. The fraction of sp³-hybridized carbons (Fsp3) is 0.385. The first-order valence-electron chi connectivity index (χ1n) is 5.89. The minimum Gasteiger partial charge on any atom is -0.508 e. The Kier molecular flexibility index (Phi) is 3.71. The van der Waals surface area contributed by atoms with Crippen molar-refractivity contribution in [3.05, 3.63) is 29.8 Å². The summed E-state index contributed by atoms with van der Waals surface area (Å²) in [5.74, 6) is -0.992. The van der Waals surface area contributed by atoms with E-state index in [0.717, 1.165) is 0 Å². The van der Waals surface area contributed by atoms with Crippen molar-refractivity contribution in [1.82, 2.24) is 4.90 Å². The number of rotatable bonds is 2. The number of methoxy groups -OCH3 is 1. The number of ether oxygens (including phenoxy) is 1. The van der Waals surface area contributed by atoms with Gasteiger partial charge in [0.1, 0.15) is 11.8 Å². The van der Waals surface area contributed by atoms with Gasteiger partial charge in [-0.25, -0.2) is 4.79 Å². The lowest BCUT2D eigenvalue weighted by molar-refractivity contribution is -0.145. The first-order chi connectivity index (χ1) is 9.02. The summed E-state index contributed by atoms with van der Waals surface area (Å²) in [4.78, 5) is 25.1. The van der Waals surface area contributed by atoms with Crippen molar-refractivity contribution in [2.45, 2.75) is 18.6 Å². The van der Waals surface area contributed by atoms with E-state index < -0.39 is 24.0 Å². The van der Waals surface area contributed by atoms with Gasteiger partial charge in [0.05, 0.1) is 13.2 Å². The van der Waals surface area contributed by atoms with E-state index in [4.69, 9.17) is 0 Å². The molecule has 6 nitrogen and oxygen atoms in total. The predicted octanol–water partition coefficient (Wildman–Crippen LogP) is 0.141. The molecule has 0 aromatic heterocycles. The number of hydrogen-bond acceptors (Lipinski definition) is 5. The van der Waals surface area contributed by atoms with Crippen LogP contribution < -0.4 is 0 Å².